The zero-order chi connectivity index (χ0) is 16.2. The number of aromatic nitrogens is 3. The van der Waals surface area contributed by atoms with E-state index in [2.05, 4.69) is 27.2 Å². The van der Waals surface area contributed by atoms with E-state index < -0.39 is 10.0 Å². The fourth-order valence-electron chi connectivity index (χ4n) is 1.76. The summed E-state index contributed by atoms with van der Waals surface area (Å²) < 4.78 is 24.3. The van der Waals surface area contributed by atoms with Gasteiger partial charge in [-0.2, -0.15) is 9.90 Å². The SMILES string of the molecule is CCc1ccc(NC(=O)Cn2ncc(NS(C)(=O)=O)n2)cc1. The van der Waals surface area contributed by atoms with Crippen molar-refractivity contribution in [3.8, 4) is 0 Å². The third-order valence-electron chi connectivity index (χ3n) is 2.76. The minimum Gasteiger partial charge on any atom is -0.324 e. The Bertz CT molecular complexity index is 752. The second-order valence-corrected chi connectivity index (χ2v) is 6.48. The fraction of sp³-hybridized carbons (Fsp3) is 0.308. The van der Waals surface area contributed by atoms with Crippen LogP contribution in [-0.4, -0.2) is 35.6 Å². The van der Waals surface area contributed by atoms with Crippen LogP contribution < -0.4 is 10.0 Å². The molecule has 8 nitrogen and oxygen atoms in total. The molecular weight excluding hydrogens is 306 g/mol. The summed E-state index contributed by atoms with van der Waals surface area (Å²) in [7, 11) is -3.41. The lowest BCUT2D eigenvalue weighted by molar-refractivity contribution is -0.117. The standard InChI is InChI=1S/C13H17N5O3S/c1-3-10-4-6-11(7-5-10)15-13(19)9-18-14-8-12(16-18)17-22(2,20)21/h4-8H,3,9H2,1-2H3,(H,15,19)(H,16,17). The van der Waals surface area contributed by atoms with Crippen LogP contribution in [0, 0.1) is 0 Å². The van der Waals surface area contributed by atoms with Crippen molar-refractivity contribution in [1.82, 2.24) is 15.0 Å². The number of anilines is 2. The van der Waals surface area contributed by atoms with Crippen LogP contribution in [0.5, 0.6) is 0 Å². The van der Waals surface area contributed by atoms with Crippen molar-refractivity contribution in [2.24, 2.45) is 0 Å². The van der Waals surface area contributed by atoms with Gasteiger partial charge in [0, 0.05) is 5.69 Å². The van der Waals surface area contributed by atoms with Crippen LogP contribution in [0.4, 0.5) is 11.5 Å². The molecular formula is C13H17N5O3S. The highest BCUT2D eigenvalue weighted by atomic mass is 32.2. The molecule has 9 heteroatoms. The Kier molecular flexibility index (Phi) is 4.76. The van der Waals surface area contributed by atoms with Crippen molar-refractivity contribution in [1.29, 1.82) is 0 Å². The van der Waals surface area contributed by atoms with Crippen LogP contribution in [0.1, 0.15) is 12.5 Å². The molecule has 0 radical (unpaired) electrons. The van der Waals surface area contributed by atoms with Gasteiger partial charge in [-0.25, -0.2) is 8.42 Å². The van der Waals surface area contributed by atoms with Gasteiger partial charge in [-0.05, 0) is 24.1 Å². The topological polar surface area (TPSA) is 106 Å². The first-order valence-electron chi connectivity index (χ1n) is 6.62. The van der Waals surface area contributed by atoms with E-state index >= 15 is 0 Å². The highest BCUT2D eigenvalue weighted by Gasteiger charge is 2.09. The largest absolute Gasteiger partial charge is 0.324 e. The summed E-state index contributed by atoms with van der Waals surface area (Å²) in [4.78, 5) is 13.0. The average Bonchev–Trinajstić information content (AvgIpc) is 2.84. The quantitative estimate of drug-likeness (QED) is 0.820. The minimum atomic E-state index is -3.41. The number of benzene rings is 1. The third-order valence-corrected chi connectivity index (χ3v) is 3.34. The summed E-state index contributed by atoms with van der Waals surface area (Å²) in [6.07, 6.45) is 3.19. The van der Waals surface area contributed by atoms with Gasteiger partial charge in [0.2, 0.25) is 15.9 Å². The van der Waals surface area contributed by atoms with E-state index in [1.54, 1.807) is 0 Å². The van der Waals surface area contributed by atoms with Gasteiger partial charge in [-0.15, -0.1) is 5.10 Å². The van der Waals surface area contributed by atoms with Crippen LogP contribution in [0.15, 0.2) is 30.5 Å². The molecule has 0 atom stereocenters. The van der Waals surface area contributed by atoms with Gasteiger partial charge in [0.1, 0.15) is 6.54 Å². The minimum absolute atomic E-state index is 0.0719. The molecule has 1 heterocycles. The Morgan fingerprint density at radius 2 is 1.95 bits per heavy atom. The van der Waals surface area contributed by atoms with Crippen LogP contribution in [0.3, 0.4) is 0 Å². The maximum atomic E-state index is 11.9. The van der Waals surface area contributed by atoms with E-state index in [0.29, 0.717) is 5.69 Å². The molecule has 1 amide bonds. The second kappa shape index (κ2) is 6.56. The monoisotopic (exact) mass is 323 g/mol. The zero-order valence-electron chi connectivity index (χ0n) is 12.3. The molecule has 22 heavy (non-hydrogen) atoms. The summed E-state index contributed by atoms with van der Waals surface area (Å²) in [5.41, 5.74) is 1.87. The first-order valence-corrected chi connectivity index (χ1v) is 8.51. The fourth-order valence-corrected chi connectivity index (χ4v) is 2.24. The molecule has 2 N–H and O–H groups in total. The number of rotatable bonds is 6. The van der Waals surface area contributed by atoms with Crippen molar-refractivity contribution in [3.63, 3.8) is 0 Å². The molecule has 0 fully saturated rings. The van der Waals surface area contributed by atoms with E-state index in [1.807, 2.05) is 24.3 Å². The van der Waals surface area contributed by atoms with Crippen LogP contribution in [0.25, 0.3) is 0 Å². The molecule has 0 spiro atoms. The number of carbonyl (C=O) groups excluding carboxylic acids is 1. The lowest BCUT2D eigenvalue weighted by Gasteiger charge is -2.05. The molecule has 0 aliphatic heterocycles. The molecule has 0 saturated heterocycles. The number of hydrogen-bond acceptors (Lipinski definition) is 5. The highest BCUT2D eigenvalue weighted by Crippen LogP contribution is 2.10. The predicted octanol–water partition coefficient (Wildman–Crippen LogP) is 0.851. The van der Waals surface area contributed by atoms with Crippen molar-refractivity contribution in [2.45, 2.75) is 19.9 Å². The normalized spacial score (nSPS) is 11.2. The van der Waals surface area contributed by atoms with Crippen LogP contribution in [-0.2, 0) is 27.8 Å². The van der Waals surface area contributed by atoms with E-state index in [9.17, 15) is 13.2 Å². The summed E-state index contributed by atoms with van der Waals surface area (Å²) in [6, 6.07) is 7.53. The number of nitrogens with zero attached hydrogens (tertiary/aromatic N) is 3. The smallest absolute Gasteiger partial charge is 0.247 e. The molecule has 1 aromatic carbocycles. The van der Waals surface area contributed by atoms with Crippen molar-refractivity contribution < 1.29 is 13.2 Å². The summed E-state index contributed by atoms with van der Waals surface area (Å²) in [6.45, 7) is 1.94. The van der Waals surface area contributed by atoms with Gasteiger partial charge >= 0.3 is 0 Å². The molecule has 0 aliphatic rings. The van der Waals surface area contributed by atoms with Gasteiger partial charge in [0.15, 0.2) is 5.82 Å². The van der Waals surface area contributed by atoms with Crippen molar-refractivity contribution in [3.05, 3.63) is 36.0 Å². The van der Waals surface area contributed by atoms with E-state index in [-0.39, 0.29) is 18.3 Å². The van der Waals surface area contributed by atoms with Gasteiger partial charge in [-0.3, -0.25) is 9.52 Å². The molecule has 0 aliphatic carbocycles. The van der Waals surface area contributed by atoms with Gasteiger partial charge in [0.25, 0.3) is 0 Å². The van der Waals surface area contributed by atoms with Crippen molar-refractivity contribution in [2.75, 3.05) is 16.3 Å². The highest BCUT2D eigenvalue weighted by molar-refractivity contribution is 7.92. The summed E-state index contributed by atoms with van der Waals surface area (Å²) in [5.74, 6) is -0.228. The number of sulfonamides is 1. The van der Waals surface area contributed by atoms with E-state index in [0.717, 1.165) is 17.5 Å². The predicted molar refractivity (Wildman–Crippen MR) is 82.9 cm³/mol. The number of carbonyl (C=O) groups is 1. The lowest BCUT2D eigenvalue weighted by atomic mass is 10.1. The van der Waals surface area contributed by atoms with Crippen LogP contribution in [0.2, 0.25) is 0 Å². The number of nitrogens with one attached hydrogen (secondary N) is 2. The van der Waals surface area contributed by atoms with Gasteiger partial charge < -0.3 is 5.32 Å². The maximum Gasteiger partial charge on any atom is 0.247 e. The van der Waals surface area contributed by atoms with Gasteiger partial charge in [-0.1, -0.05) is 19.1 Å². The Balaban J connectivity index is 1.94. The number of hydrogen-bond donors (Lipinski definition) is 2. The lowest BCUT2D eigenvalue weighted by Crippen LogP contribution is -2.20. The molecule has 2 aromatic rings. The first-order chi connectivity index (χ1) is 10.4. The Morgan fingerprint density at radius 1 is 1.27 bits per heavy atom. The summed E-state index contributed by atoms with van der Waals surface area (Å²) in [5, 5.41) is 10.4. The zero-order valence-corrected chi connectivity index (χ0v) is 13.1. The molecule has 0 bridgehead atoms. The number of amides is 1. The van der Waals surface area contributed by atoms with Crippen molar-refractivity contribution >= 4 is 27.4 Å². The van der Waals surface area contributed by atoms with E-state index in [1.165, 1.54) is 11.8 Å². The van der Waals surface area contributed by atoms with E-state index in [4.69, 9.17) is 0 Å². The number of aryl methyl sites for hydroxylation is 1. The third kappa shape index (κ3) is 4.85. The molecule has 118 valence electrons. The summed E-state index contributed by atoms with van der Waals surface area (Å²) >= 11 is 0. The average molecular weight is 323 g/mol. The van der Waals surface area contributed by atoms with Crippen LogP contribution >= 0.6 is 0 Å². The Morgan fingerprint density at radius 3 is 2.55 bits per heavy atom. The van der Waals surface area contributed by atoms with Gasteiger partial charge in [0.05, 0.1) is 12.5 Å². The Labute approximate surface area is 128 Å². The molecule has 0 unspecified atom stereocenters. The first kappa shape index (κ1) is 16.0. The second-order valence-electron chi connectivity index (χ2n) is 4.73. The maximum absolute atomic E-state index is 11.9. The Hall–Kier alpha value is -2.42. The molecule has 2 rings (SSSR count). The molecule has 0 saturated carbocycles. The molecule has 1 aromatic heterocycles.